The van der Waals surface area contributed by atoms with Gasteiger partial charge in [-0.1, -0.05) is 50.9 Å². The van der Waals surface area contributed by atoms with Crippen LogP contribution in [0, 0.1) is 0 Å². The summed E-state index contributed by atoms with van der Waals surface area (Å²) in [6.45, 7) is 8.31. The molecule has 7 heteroatoms. The van der Waals surface area contributed by atoms with Crippen LogP contribution in [0.5, 0.6) is 46.0 Å². The molecule has 0 saturated carbocycles. The summed E-state index contributed by atoms with van der Waals surface area (Å²) < 4.78 is 18.3. The summed E-state index contributed by atoms with van der Waals surface area (Å²) >= 11 is 12.1. The molecule has 0 radical (unpaired) electrons. The third-order valence-corrected chi connectivity index (χ3v) is 6.34. The molecule has 0 unspecified atom stereocenters. The van der Waals surface area contributed by atoms with Crippen LogP contribution in [0.1, 0.15) is 50.7 Å². The molecule has 4 aromatic carbocycles. The van der Waals surface area contributed by atoms with Gasteiger partial charge in [-0.2, -0.15) is 0 Å². The van der Waals surface area contributed by atoms with Gasteiger partial charge in [0.25, 0.3) is 0 Å². The fourth-order valence-corrected chi connectivity index (χ4v) is 4.10. The van der Waals surface area contributed by atoms with Crippen LogP contribution in [-0.4, -0.2) is 10.2 Å². The maximum absolute atomic E-state index is 9.67. The van der Waals surface area contributed by atoms with E-state index >= 15 is 0 Å². The smallest absolute Gasteiger partial charge is 0.134 e. The van der Waals surface area contributed by atoms with E-state index in [0.29, 0.717) is 34.5 Å². The molecule has 0 atom stereocenters. The van der Waals surface area contributed by atoms with Gasteiger partial charge in [0.1, 0.15) is 46.0 Å². The standard InChI is InChI=1S/C30H28Cl2O5/c1-17(2)23-13-19(7-11-29(23)36-21-5-9-27(33)25(31)15-21)35-20-8-12-30(24(14-20)18(3)4)37-22-6-10-28(34)26(32)16-22/h5-18,33-34H,1-4H3. The van der Waals surface area contributed by atoms with Crippen LogP contribution in [0.3, 0.4) is 0 Å². The molecule has 0 spiro atoms. The van der Waals surface area contributed by atoms with Gasteiger partial charge in [0.05, 0.1) is 10.0 Å². The molecule has 0 bridgehead atoms. The zero-order valence-corrected chi connectivity index (χ0v) is 22.5. The van der Waals surface area contributed by atoms with Gasteiger partial charge < -0.3 is 24.4 Å². The van der Waals surface area contributed by atoms with Crippen LogP contribution < -0.4 is 14.2 Å². The highest BCUT2D eigenvalue weighted by Gasteiger charge is 2.15. The third-order valence-electron chi connectivity index (χ3n) is 5.74. The molecular weight excluding hydrogens is 511 g/mol. The van der Waals surface area contributed by atoms with Crippen molar-refractivity contribution in [1.29, 1.82) is 0 Å². The van der Waals surface area contributed by atoms with E-state index in [4.69, 9.17) is 37.4 Å². The lowest BCUT2D eigenvalue weighted by Crippen LogP contribution is -1.97. The average Bonchev–Trinajstić information content (AvgIpc) is 2.85. The molecule has 0 aliphatic rings. The summed E-state index contributed by atoms with van der Waals surface area (Å²) in [5.41, 5.74) is 1.94. The molecule has 0 aromatic heterocycles. The lowest BCUT2D eigenvalue weighted by Gasteiger charge is -2.18. The Bertz CT molecular complexity index is 1310. The van der Waals surface area contributed by atoms with Crippen LogP contribution in [0.15, 0.2) is 72.8 Å². The van der Waals surface area contributed by atoms with E-state index in [-0.39, 0.29) is 33.4 Å². The van der Waals surface area contributed by atoms with Gasteiger partial charge in [-0.05, 0) is 72.5 Å². The highest BCUT2D eigenvalue weighted by molar-refractivity contribution is 6.32. The van der Waals surface area contributed by atoms with Crippen molar-refractivity contribution in [3.05, 3.63) is 94.0 Å². The van der Waals surface area contributed by atoms with Crippen molar-refractivity contribution in [2.75, 3.05) is 0 Å². The average molecular weight is 539 g/mol. The van der Waals surface area contributed by atoms with Crippen LogP contribution >= 0.6 is 23.2 Å². The molecular formula is C30H28Cl2O5. The minimum absolute atomic E-state index is 0.00546. The Balaban J connectivity index is 1.58. The lowest BCUT2D eigenvalue weighted by atomic mass is 10.0. The van der Waals surface area contributed by atoms with E-state index in [1.807, 2.05) is 36.4 Å². The number of aromatic hydroxyl groups is 2. The number of ether oxygens (including phenoxy) is 3. The summed E-state index contributed by atoms with van der Waals surface area (Å²) in [4.78, 5) is 0. The molecule has 0 fully saturated rings. The Kier molecular flexibility index (Phi) is 8.06. The van der Waals surface area contributed by atoms with E-state index in [1.165, 1.54) is 12.1 Å². The predicted octanol–water partition coefficient (Wildman–Crippen LogP) is 10.0. The third kappa shape index (κ3) is 6.43. The number of hydrogen-bond acceptors (Lipinski definition) is 5. The summed E-state index contributed by atoms with van der Waals surface area (Å²) in [7, 11) is 0. The molecule has 0 aliphatic heterocycles. The number of hydrogen-bond donors (Lipinski definition) is 2. The van der Waals surface area contributed by atoms with Crippen LogP contribution in [0.2, 0.25) is 10.0 Å². The van der Waals surface area contributed by atoms with Gasteiger partial charge in [-0.25, -0.2) is 0 Å². The number of phenols is 2. The highest BCUT2D eigenvalue weighted by atomic mass is 35.5. The molecule has 0 saturated heterocycles. The monoisotopic (exact) mass is 538 g/mol. The highest BCUT2D eigenvalue weighted by Crippen LogP contribution is 2.39. The largest absolute Gasteiger partial charge is 0.506 e. The second kappa shape index (κ2) is 11.2. The van der Waals surface area contributed by atoms with Crippen LogP contribution in [0.25, 0.3) is 0 Å². The topological polar surface area (TPSA) is 68.2 Å². The van der Waals surface area contributed by atoms with Crippen molar-refractivity contribution in [2.24, 2.45) is 0 Å². The Hall–Kier alpha value is -3.54. The maximum atomic E-state index is 9.67. The molecule has 37 heavy (non-hydrogen) atoms. The molecule has 4 rings (SSSR count). The number of benzene rings is 4. The van der Waals surface area contributed by atoms with Gasteiger partial charge in [0.2, 0.25) is 0 Å². The van der Waals surface area contributed by atoms with Crippen molar-refractivity contribution in [3.8, 4) is 46.0 Å². The van der Waals surface area contributed by atoms with Crippen LogP contribution in [0.4, 0.5) is 0 Å². The number of phenolic OH excluding ortho intramolecular Hbond substituents is 2. The first-order valence-corrected chi connectivity index (χ1v) is 12.6. The Morgan fingerprint density at radius 2 is 0.865 bits per heavy atom. The molecule has 2 N–H and O–H groups in total. The van der Waals surface area contributed by atoms with Crippen LogP contribution in [-0.2, 0) is 0 Å². The lowest BCUT2D eigenvalue weighted by molar-refractivity contribution is 0.450. The quantitative estimate of drug-likeness (QED) is 0.233. The first kappa shape index (κ1) is 26.5. The SMILES string of the molecule is CC(C)c1cc(Oc2ccc(Oc3ccc(O)c(Cl)c3)c(C(C)C)c2)ccc1Oc1ccc(O)c(Cl)c1. The van der Waals surface area contributed by atoms with Crippen molar-refractivity contribution < 1.29 is 24.4 Å². The summed E-state index contributed by atoms with van der Waals surface area (Å²) in [5, 5.41) is 19.8. The Labute approximate surface area is 226 Å². The van der Waals surface area contributed by atoms with E-state index in [2.05, 4.69) is 27.7 Å². The fraction of sp³-hybridized carbons (Fsp3) is 0.200. The predicted molar refractivity (Wildman–Crippen MR) is 148 cm³/mol. The van der Waals surface area contributed by atoms with E-state index in [0.717, 1.165) is 11.1 Å². The van der Waals surface area contributed by atoms with Gasteiger partial charge in [0, 0.05) is 23.3 Å². The molecule has 0 amide bonds. The first-order valence-electron chi connectivity index (χ1n) is 11.9. The molecule has 192 valence electrons. The second-order valence-corrected chi connectivity index (χ2v) is 10.1. The summed E-state index contributed by atoms with van der Waals surface area (Å²) in [6, 6.07) is 20.8. The summed E-state index contributed by atoms with van der Waals surface area (Å²) in [5.74, 6) is 4.14. The minimum Gasteiger partial charge on any atom is -0.506 e. The van der Waals surface area contributed by atoms with Gasteiger partial charge in [-0.3, -0.25) is 0 Å². The van der Waals surface area contributed by atoms with E-state index in [9.17, 15) is 10.2 Å². The fourth-order valence-electron chi connectivity index (χ4n) is 3.76. The number of rotatable bonds is 8. The van der Waals surface area contributed by atoms with Crippen molar-refractivity contribution in [1.82, 2.24) is 0 Å². The van der Waals surface area contributed by atoms with E-state index < -0.39 is 0 Å². The molecule has 0 heterocycles. The molecule has 0 aliphatic carbocycles. The minimum atomic E-state index is 0.00546. The van der Waals surface area contributed by atoms with Gasteiger partial charge >= 0.3 is 0 Å². The van der Waals surface area contributed by atoms with Crippen molar-refractivity contribution in [3.63, 3.8) is 0 Å². The van der Waals surface area contributed by atoms with Gasteiger partial charge in [0.15, 0.2) is 0 Å². The molecule has 5 nitrogen and oxygen atoms in total. The number of halogens is 2. The van der Waals surface area contributed by atoms with Crippen molar-refractivity contribution in [2.45, 2.75) is 39.5 Å². The second-order valence-electron chi connectivity index (χ2n) is 9.24. The van der Waals surface area contributed by atoms with Gasteiger partial charge in [-0.15, -0.1) is 0 Å². The molecule has 4 aromatic rings. The Morgan fingerprint density at radius 3 is 1.22 bits per heavy atom. The summed E-state index contributed by atoms with van der Waals surface area (Å²) in [6.07, 6.45) is 0. The first-order chi connectivity index (χ1) is 17.6. The maximum Gasteiger partial charge on any atom is 0.134 e. The Morgan fingerprint density at radius 1 is 0.514 bits per heavy atom. The zero-order chi connectivity index (χ0) is 26.7. The van der Waals surface area contributed by atoms with Crippen molar-refractivity contribution >= 4 is 23.2 Å². The normalized spacial score (nSPS) is 11.1. The zero-order valence-electron chi connectivity index (χ0n) is 21.0. The van der Waals surface area contributed by atoms with E-state index in [1.54, 1.807) is 24.3 Å².